The Morgan fingerprint density at radius 1 is 1.18 bits per heavy atom. The van der Waals surface area contributed by atoms with E-state index in [9.17, 15) is 0 Å². The first kappa shape index (κ1) is 13.9. The third-order valence-electron chi connectivity index (χ3n) is 4.32. The summed E-state index contributed by atoms with van der Waals surface area (Å²) in [5.74, 6) is 1.39. The Kier molecular flexibility index (Phi) is 3.28. The van der Waals surface area contributed by atoms with Crippen molar-refractivity contribution in [2.45, 2.75) is 19.3 Å². The Morgan fingerprint density at radius 3 is 2.82 bits per heavy atom. The van der Waals surface area contributed by atoms with Gasteiger partial charge in [0, 0.05) is 23.7 Å². The SMILES string of the molecule is CCC1CNc2cc3nc(-c4ccc(Cl)c(Cl)c4)[nH]c3cc21. The van der Waals surface area contributed by atoms with Gasteiger partial charge in [-0.15, -0.1) is 0 Å². The average molecular weight is 332 g/mol. The second-order valence-electron chi connectivity index (χ2n) is 5.66. The first-order chi connectivity index (χ1) is 10.7. The van der Waals surface area contributed by atoms with Crippen molar-refractivity contribution < 1.29 is 0 Å². The van der Waals surface area contributed by atoms with Gasteiger partial charge in [-0.1, -0.05) is 30.1 Å². The van der Waals surface area contributed by atoms with Crippen molar-refractivity contribution in [2.24, 2.45) is 0 Å². The van der Waals surface area contributed by atoms with Crippen LogP contribution in [0, 0.1) is 0 Å². The van der Waals surface area contributed by atoms with Crippen molar-refractivity contribution in [3.63, 3.8) is 0 Å². The first-order valence-corrected chi connectivity index (χ1v) is 8.14. The number of nitrogens with one attached hydrogen (secondary N) is 2. The van der Waals surface area contributed by atoms with Crippen LogP contribution in [-0.2, 0) is 0 Å². The molecule has 0 amide bonds. The normalized spacial score (nSPS) is 16.8. The van der Waals surface area contributed by atoms with Crippen LogP contribution in [0.25, 0.3) is 22.4 Å². The van der Waals surface area contributed by atoms with Gasteiger partial charge < -0.3 is 10.3 Å². The number of aromatic nitrogens is 2. The maximum absolute atomic E-state index is 6.10. The molecule has 1 aromatic heterocycles. The van der Waals surface area contributed by atoms with E-state index in [0.717, 1.165) is 35.4 Å². The molecule has 0 saturated heterocycles. The summed E-state index contributed by atoms with van der Waals surface area (Å²) < 4.78 is 0. The molecular weight excluding hydrogens is 317 g/mol. The van der Waals surface area contributed by atoms with Crippen molar-refractivity contribution in [1.82, 2.24) is 9.97 Å². The van der Waals surface area contributed by atoms with Crippen molar-refractivity contribution in [2.75, 3.05) is 11.9 Å². The van der Waals surface area contributed by atoms with Gasteiger partial charge in [-0.2, -0.15) is 0 Å². The summed E-state index contributed by atoms with van der Waals surface area (Å²) in [6.45, 7) is 3.23. The summed E-state index contributed by atoms with van der Waals surface area (Å²) in [6, 6.07) is 9.89. The van der Waals surface area contributed by atoms with E-state index in [1.54, 1.807) is 6.07 Å². The van der Waals surface area contributed by atoms with Crippen molar-refractivity contribution in [3.8, 4) is 11.4 Å². The van der Waals surface area contributed by atoms with Crippen molar-refractivity contribution in [1.29, 1.82) is 0 Å². The molecule has 1 atom stereocenters. The molecule has 0 fully saturated rings. The average Bonchev–Trinajstić information content (AvgIpc) is 3.10. The summed E-state index contributed by atoms with van der Waals surface area (Å²) in [4.78, 5) is 8.08. The highest BCUT2D eigenvalue weighted by atomic mass is 35.5. The summed E-state index contributed by atoms with van der Waals surface area (Å²) >= 11 is 12.1. The van der Waals surface area contributed by atoms with Crippen LogP contribution in [0.1, 0.15) is 24.8 Å². The highest BCUT2D eigenvalue weighted by molar-refractivity contribution is 6.42. The summed E-state index contributed by atoms with van der Waals surface area (Å²) in [6.07, 6.45) is 1.14. The fourth-order valence-electron chi connectivity index (χ4n) is 3.05. The molecule has 2 heterocycles. The topological polar surface area (TPSA) is 40.7 Å². The Bertz CT molecular complexity index is 870. The minimum atomic E-state index is 0.537. The Morgan fingerprint density at radius 2 is 2.05 bits per heavy atom. The van der Waals surface area contributed by atoms with Crippen LogP contribution in [0.2, 0.25) is 10.0 Å². The zero-order valence-corrected chi connectivity index (χ0v) is 13.6. The van der Waals surface area contributed by atoms with E-state index in [4.69, 9.17) is 23.2 Å². The van der Waals surface area contributed by atoms with Crippen LogP contribution in [-0.4, -0.2) is 16.5 Å². The highest BCUT2D eigenvalue weighted by Gasteiger charge is 2.22. The lowest BCUT2D eigenvalue weighted by Gasteiger charge is -2.05. The summed E-state index contributed by atoms with van der Waals surface area (Å²) in [5.41, 5.74) is 5.53. The number of halogens is 2. The largest absolute Gasteiger partial charge is 0.384 e. The van der Waals surface area contributed by atoms with E-state index in [1.807, 2.05) is 12.1 Å². The molecule has 2 aromatic carbocycles. The number of fused-ring (bicyclic) bond motifs is 2. The van der Waals surface area contributed by atoms with Gasteiger partial charge in [-0.3, -0.25) is 0 Å². The molecule has 3 aromatic rings. The predicted octanol–water partition coefficient (Wildman–Crippen LogP) is 5.46. The van der Waals surface area contributed by atoms with Gasteiger partial charge in [0.25, 0.3) is 0 Å². The van der Waals surface area contributed by atoms with E-state index >= 15 is 0 Å². The van der Waals surface area contributed by atoms with Gasteiger partial charge in [0.05, 0.1) is 21.1 Å². The number of nitrogens with zero attached hydrogens (tertiary/aromatic N) is 1. The highest BCUT2D eigenvalue weighted by Crippen LogP contribution is 2.37. The van der Waals surface area contributed by atoms with Gasteiger partial charge in [-0.25, -0.2) is 4.98 Å². The number of imidazole rings is 1. The fraction of sp³-hybridized carbons (Fsp3) is 0.235. The molecule has 0 radical (unpaired) electrons. The molecule has 0 spiro atoms. The van der Waals surface area contributed by atoms with Crippen LogP contribution in [0.3, 0.4) is 0 Å². The van der Waals surface area contributed by atoms with E-state index in [1.165, 1.54) is 11.3 Å². The molecule has 1 aliphatic heterocycles. The van der Waals surface area contributed by atoms with Gasteiger partial charge in [0.2, 0.25) is 0 Å². The van der Waals surface area contributed by atoms with E-state index in [2.05, 4.69) is 34.3 Å². The smallest absolute Gasteiger partial charge is 0.138 e. The van der Waals surface area contributed by atoms with Crippen LogP contribution < -0.4 is 5.32 Å². The van der Waals surface area contributed by atoms with Gasteiger partial charge >= 0.3 is 0 Å². The fourth-order valence-corrected chi connectivity index (χ4v) is 3.35. The van der Waals surface area contributed by atoms with Gasteiger partial charge in [0.1, 0.15) is 5.82 Å². The third kappa shape index (κ3) is 2.16. The summed E-state index contributed by atoms with van der Waals surface area (Å²) in [7, 11) is 0. The number of hydrogen-bond donors (Lipinski definition) is 2. The maximum Gasteiger partial charge on any atom is 0.138 e. The molecule has 22 heavy (non-hydrogen) atoms. The quantitative estimate of drug-likeness (QED) is 0.654. The Hall–Kier alpha value is -1.71. The second-order valence-corrected chi connectivity index (χ2v) is 6.47. The standard InChI is InChI=1S/C17H15Cl2N3/c1-2-9-8-20-14-7-16-15(6-11(9)14)21-17(22-16)10-3-4-12(18)13(19)5-10/h3-7,9,20H,2,8H2,1H3,(H,21,22). The molecule has 3 nitrogen and oxygen atoms in total. The predicted molar refractivity (Wildman–Crippen MR) is 93.1 cm³/mol. The number of H-pyrrole nitrogens is 1. The minimum absolute atomic E-state index is 0.537. The lowest BCUT2D eigenvalue weighted by atomic mass is 9.98. The van der Waals surface area contributed by atoms with E-state index in [-0.39, 0.29) is 0 Å². The zero-order valence-electron chi connectivity index (χ0n) is 12.1. The van der Waals surface area contributed by atoms with Crippen LogP contribution in [0.5, 0.6) is 0 Å². The lowest BCUT2D eigenvalue weighted by Crippen LogP contribution is -1.99. The van der Waals surface area contributed by atoms with Crippen LogP contribution >= 0.6 is 23.2 Å². The van der Waals surface area contributed by atoms with Gasteiger partial charge in [-0.05, 0) is 42.3 Å². The third-order valence-corrected chi connectivity index (χ3v) is 5.06. The molecular formula is C17H15Cl2N3. The Labute approximate surface area is 138 Å². The van der Waals surface area contributed by atoms with E-state index < -0.39 is 0 Å². The first-order valence-electron chi connectivity index (χ1n) is 7.38. The zero-order chi connectivity index (χ0) is 15.3. The van der Waals surface area contributed by atoms with E-state index in [0.29, 0.717) is 16.0 Å². The molecule has 1 unspecified atom stereocenters. The Balaban J connectivity index is 1.83. The molecule has 112 valence electrons. The van der Waals surface area contributed by atoms with Crippen LogP contribution in [0.4, 0.5) is 5.69 Å². The van der Waals surface area contributed by atoms with Crippen LogP contribution in [0.15, 0.2) is 30.3 Å². The number of rotatable bonds is 2. The second kappa shape index (κ2) is 5.18. The number of aromatic amines is 1. The lowest BCUT2D eigenvalue weighted by molar-refractivity contribution is 0.728. The molecule has 0 saturated carbocycles. The van der Waals surface area contributed by atoms with Crippen molar-refractivity contribution >= 4 is 39.9 Å². The number of anilines is 1. The number of hydrogen-bond acceptors (Lipinski definition) is 2. The number of benzene rings is 2. The minimum Gasteiger partial charge on any atom is -0.384 e. The molecule has 1 aliphatic rings. The molecule has 2 N–H and O–H groups in total. The van der Waals surface area contributed by atoms with Crippen molar-refractivity contribution in [3.05, 3.63) is 45.9 Å². The monoisotopic (exact) mass is 331 g/mol. The molecule has 0 bridgehead atoms. The molecule has 0 aliphatic carbocycles. The van der Waals surface area contributed by atoms with Gasteiger partial charge in [0.15, 0.2) is 0 Å². The summed E-state index contributed by atoms with van der Waals surface area (Å²) in [5, 5.41) is 4.55. The molecule has 5 heteroatoms. The maximum atomic E-state index is 6.10. The molecule has 4 rings (SSSR count).